The van der Waals surface area contributed by atoms with Gasteiger partial charge in [0.15, 0.2) is 0 Å². The van der Waals surface area contributed by atoms with E-state index in [0.29, 0.717) is 5.56 Å². The first-order valence-electron chi connectivity index (χ1n) is 9.94. The van der Waals surface area contributed by atoms with Crippen molar-refractivity contribution in [3.63, 3.8) is 0 Å². The summed E-state index contributed by atoms with van der Waals surface area (Å²) >= 11 is 0. The van der Waals surface area contributed by atoms with Crippen molar-refractivity contribution in [1.82, 2.24) is 9.88 Å². The molecule has 30 heavy (non-hydrogen) atoms. The molecule has 154 valence electrons. The number of aliphatic hydroxyl groups is 1. The third kappa shape index (κ3) is 3.45. The highest BCUT2D eigenvalue weighted by molar-refractivity contribution is 6.46. The molecule has 8 heteroatoms. The van der Waals surface area contributed by atoms with Gasteiger partial charge in [0.2, 0.25) is 0 Å². The summed E-state index contributed by atoms with van der Waals surface area (Å²) in [7, 11) is 0. The van der Waals surface area contributed by atoms with E-state index in [1.807, 2.05) is 0 Å². The zero-order valence-corrected chi connectivity index (χ0v) is 16.2. The van der Waals surface area contributed by atoms with Crippen LogP contribution in [-0.4, -0.2) is 37.6 Å². The van der Waals surface area contributed by atoms with Gasteiger partial charge < -0.3 is 10.0 Å². The van der Waals surface area contributed by atoms with Crippen molar-refractivity contribution in [1.29, 1.82) is 0 Å². The number of nitrogens with zero attached hydrogens (tertiary/aromatic N) is 3. The number of amides is 1. The highest BCUT2D eigenvalue weighted by atomic mass is 16.6. The number of rotatable bonds is 4. The fourth-order valence-corrected chi connectivity index (χ4v) is 4.36. The second kappa shape index (κ2) is 8.06. The minimum atomic E-state index is -0.738. The molecule has 2 heterocycles. The number of carbonyl (C=O) groups excluding carboxylic acids is 2. The first-order valence-corrected chi connectivity index (χ1v) is 9.94. The Hall–Kier alpha value is -3.55. The van der Waals surface area contributed by atoms with Crippen molar-refractivity contribution in [2.45, 2.75) is 44.2 Å². The van der Waals surface area contributed by atoms with Crippen LogP contribution in [0.15, 0.2) is 54.4 Å². The fraction of sp³-hybridized carbons (Fsp3) is 0.318. The van der Waals surface area contributed by atoms with Crippen molar-refractivity contribution in [3.05, 3.63) is 75.6 Å². The van der Waals surface area contributed by atoms with E-state index in [0.717, 1.165) is 32.1 Å². The van der Waals surface area contributed by atoms with Gasteiger partial charge in [-0.2, -0.15) is 0 Å². The summed E-state index contributed by atoms with van der Waals surface area (Å²) in [6.07, 6.45) is 7.87. The number of Topliss-reactive ketones (excluding diaryl/α,β-unsaturated/α-hetero) is 1. The van der Waals surface area contributed by atoms with Crippen LogP contribution in [-0.2, 0) is 9.59 Å². The number of ketones is 1. The fourth-order valence-electron chi connectivity index (χ4n) is 4.36. The quantitative estimate of drug-likeness (QED) is 0.271. The van der Waals surface area contributed by atoms with Crippen LogP contribution in [0, 0.1) is 10.1 Å². The van der Waals surface area contributed by atoms with Gasteiger partial charge in [-0.05, 0) is 42.7 Å². The molecule has 1 aliphatic heterocycles. The molecule has 2 aliphatic rings. The van der Waals surface area contributed by atoms with Gasteiger partial charge in [-0.25, -0.2) is 0 Å². The smallest absolute Gasteiger partial charge is 0.295 e. The van der Waals surface area contributed by atoms with E-state index < -0.39 is 22.7 Å². The number of hydrogen-bond acceptors (Lipinski definition) is 6. The van der Waals surface area contributed by atoms with Gasteiger partial charge >= 0.3 is 0 Å². The molecule has 2 fully saturated rings. The molecule has 4 rings (SSSR count). The molecule has 1 aromatic heterocycles. The topological polar surface area (TPSA) is 114 Å². The third-order valence-corrected chi connectivity index (χ3v) is 5.82. The lowest BCUT2D eigenvalue weighted by Crippen LogP contribution is -2.40. The SMILES string of the molecule is O=C1C(=O)N(C2CCCCC2)C(c2ccncc2)/C1=C(/O)c1ccc([N+](=O)[O-])cc1. The van der Waals surface area contributed by atoms with Crippen molar-refractivity contribution >= 4 is 23.1 Å². The Kier molecular flexibility index (Phi) is 5.31. The maximum absolute atomic E-state index is 13.0. The van der Waals surface area contributed by atoms with E-state index in [9.17, 15) is 24.8 Å². The van der Waals surface area contributed by atoms with Crippen LogP contribution in [0.25, 0.3) is 5.76 Å². The second-order valence-electron chi connectivity index (χ2n) is 7.58. The predicted molar refractivity (Wildman–Crippen MR) is 108 cm³/mol. The molecule has 1 saturated carbocycles. The van der Waals surface area contributed by atoms with E-state index in [1.165, 1.54) is 24.3 Å². The van der Waals surface area contributed by atoms with E-state index in [-0.39, 0.29) is 28.6 Å². The number of carbonyl (C=O) groups is 2. The van der Waals surface area contributed by atoms with Crippen LogP contribution >= 0.6 is 0 Å². The lowest BCUT2D eigenvalue weighted by Gasteiger charge is -2.35. The summed E-state index contributed by atoms with van der Waals surface area (Å²) in [6.45, 7) is 0. The summed E-state index contributed by atoms with van der Waals surface area (Å²) in [4.78, 5) is 42.0. The molecule has 1 N–H and O–H groups in total. The average Bonchev–Trinajstić information content (AvgIpc) is 3.05. The van der Waals surface area contributed by atoms with Gasteiger partial charge in [0.1, 0.15) is 5.76 Å². The molecule has 2 aromatic rings. The van der Waals surface area contributed by atoms with Crippen molar-refractivity contribution < 1.29 is 19.6 Å². The van der Waals surface area contributed by atoms with Crippen LogP contribution in [0.2, 0.25) is 0 Å². The monoisotopic (exact) mass is 407 g/mol. The Balaban J connectivity index is 1.83. The summed E-state index contributed by atoms with van der Waals surface area (Å²) in [5, 5.41) is 21.9. The van der Waals surface area contributed by atoms with Gasteiger partial charge in [0, 0.05) is 36.1 Å². The second-order valence-corrected chi connectivity index (χ2v) is 7.58. The highest BCUT2D eigenvalue weighted by Crippen LogP contribution is 2.42. The number of hydrogen-bond donors (Lipinski definition) is 1. The Morgan fingerprint density at radius 2 is 1.67 bits per heavy atom. The number of nitro benzene ring substituents is 1. The maximum Gasteiger partial charge on any atom is 0.295 e. The van der Waals surface area contributed by atoms with E-state index in [1.54, 1.807) is 29.4 Å². The first-order chi connectivity index (χ1) is 14.5. The number of likely N-dealkylation sites (tertiary alicyclic amines) is 1. The number of pyridine rings is 1. The summed E-state index contributed by atoms with van der Waals surface area (Å²) < 4.78 is 0. The molecule has 1 amide bonds. The van der Waals surface area contributed by atoms with E-state index in [2.05, 4.69) is 4.98 Å². The number of non-ortho nitro benzene ring substituents is 1. The minimum absolute atomic E-state index is 0.00521. The van der Waals surface area contributed by atoms with Crippen LogP contribution in [0.4, 0.5) is 5.69 Å². The molecule has 1 aromatic carbocycles. The summed E-state index contributed by atoms with van der Waals surface area (Å²) in [6, 6.07) is 7.95. The minimum Gasteiger partial charge on any atom is -0.507 e. The molecule has 1 saturated heterocycles. The number of benzene rings is 1. The van der Waals surface area contributed by atoms with E-state index >= 15 is 0 Å². The lowest BCUT2D eigenvalue weighted by molar-refractivity contribution is -0.384. The Morgan fingerprint density at radius 3 is 2.27 bits per heavy atom. The number of aliphatic hydroxyl groups excluding tert-OH is 1. The summed E-state index contributed by atoms with van der Waals surface area (Å²) in [5.41, 5.74) is 0.824. The highest BCUT2D eigenvalue weighted by Gasteiger charge is 2.48. The lowest BCUT2D eigenvalue weighted by atomic mass is 9.91. The van der Waals surface area contributed by atoms with Crippen LogP contribution in [0.3, 0.4) is 0 Å². The third-order valence-electron chi connectivity index (χ3n) is 5.82. The molecular weight excluding hydrogens is 386 g/mol. The molecule has 8 nitrogen and oxygen atoms in total. The van der Waals surface area contributed by atoms with Crippen molar-refractivity contribution in [2.75, 3.05) is 0 Å². The standard InChI is InChI=1S/C22H21N3O5/c26-20(15-6-8-17(9-7-15)25(29)30)18-19(14-10-12-23-13-11-14)24(22(28)21(18)27)16-4-2-1-3-5-16/h6-13,16,19,26H,1-5H2/b20-18-. The molecular formula is C22H21N3O5. The average molecular weight is 407 g/mol. The molecule has 0 radical (unpaired) electrons. The Labute approximate surface area is 173 Å². The molecule has 1 unspecified atom stereocenters. The Morgan fingerprint density at radius 1 is 1.03 bits per heavy atom. The summed E-state index contributed by atoms with van der Waals surface area (Å²) in [5.74, 6) is -1.69. The number of nitro groups is 1. The predicted octanol–water partition coefficient (Wildman–Crippen LogP) is 3.74. The normalized spacial score (nSPS) is 21.7. The van der Waals surface area contributed by atoms with Crippen molar-refractivity contribution in [3.8, 4) is 0 Å². The van der Waals surface area contributed by atoms with Gasteiger partial charge in [-0.3, -0.25) is 24.7 Å². The van der Waals surface area contributed by atoms with E-state index in [4.69, 9.17) is 0 Å². The largest absolute Gasteiger partial charge is 0.507 e. The van der Waals surface area contributed by atoms with Crippen LogP contribution in [0.5, 0.6) is 0 Å². The Bertz CT molecular complexity index is 1010. The molecule has 1 aliphatic carbocycles. The molecule has 0 bridgehead atoms. The maximum atomic E-state index is 13.0. The van der Waals surface area contributed by atoms with Gasteiger partial charge in [0.25, 0.3) is 17.4 Å². The molecule has 1 atom stereocenters. The van der Waals surface area contributed by atoms with Gasteiger partial charge in [-0.15, -0.1) is 0 Å². The van der Waals surface area contributed by atoms with Crippen LogP contribution < -0.4 is 0 Å². The zero-order chi connectivity index (χ0) is 21.3. The van der Waals surface area contributed by atoms with Crippen LogP contribution in [0.1, 0.15) is 49.3 Å². The zero-order valence-electron chi connectivity index (χ0n) is 16.2. The van der Waals surface area contributed by atoms with Gasteiger partial charge in [0.05, 0.1) is 16.5 Å². The van der Waals surface area contributed by atoms with Gasteiger partial charge in [-0.1, -0.05) is 19.3 Å². The van der Waals surface area contributed by atoms with Crippen molar-refractivity contribution in [2.24, 2.45) is 0 Å². The molecule has 0 spiro atoms. The first kappa shape index (κ1) is 19.8. The number of aromatic nitrogens is 1.